The van der Waals surface area contributed by atoms with Crippen molar-refractivity contribution in [3.05, 3.63) is 48.0 Å². The summed E-state index contributed by atoms with van der Waals surface area (Å²) < 4.78 is 43.2. The highest BCUT2D eigenvalue weighted by Crippen LogP contribution is 2.29. The lowest BCUT2D eigenvalue weighted by Crippen LogP contribution is -2.28. The van der Waals surface area contributed by atoms with Gasteiger partial charge in [-0.2, -0.15) is 0 Å². The minimum absolute atomic E-state index is 0.108. The van der Waals surface area contributed by atoms with Crippen molar-refractivity contribution in [1.29, 1.82) is 0 Å². The molecule has 26 heavy (non-hydrogen) atoms. The fourth-order valence-electron chi connectivity index (χ4n) is 2.38. The van der Waals surface area contributed by atoms with Gasteiger partial charge in [0.05, 0.1) is 19.1 Å². The van der Waals surface area contributed by atoms with Gasteiger partial charge in [0, 0.05) is 12.6 Å². The smallest absolute Gasteiger partial charge is 0.240 e. The Hall–Kier alpha value is -2.25. The second kappa shape index (κ2) is 8.91. The molecule has 142 valence electrons. The molecule has 1 N–H and O–H groups in total. The van der Waals surface area contributed by atoms with E-state index in [2.05, 4.69) is 18.6 Å². The molecule has 0 heterocycles. The molecule has 0 bridgehead atoms. The van der Waals surface area contributed by atoms with Gasteiger partial charge in [-0.05, 0) is 35.7 Å². The highest BCUT2D eigenvalue weighted by Gasteiger charge is 2.16. The summed E-state index contributed by atoms with van der Waals surface area (Å²) in [4.78, 5) is 0.108. The average molecular weight is 379 g/mol. The Morgan fingerprint density at radius 3 is 2.38 bits per heavy atom. The van der Waals surface area contributed by atoms with Crippen LogP contribution >= 0.6 is 0 Å². The van der Waals surface area contributed by atoms with E-state index in [0.717, 1.165) is 5.75 Å². The molecule has 0 spiro atoms. The Labute approximate surface area is 155 Å². The topological polar surface area (TPSA) is 73.9 Å². The number of rotatable bonds is 9. The van der Waals surface area contributed by atoms with Crippen LogP contribution in [-0.2, 0) is 10.0 Å². The van der Waals surface area contributed by atoms with E-state index in [1.54, 1.807) is 6.07 Å². The van der Waals surface area contributed by atoms with Crippen molar-refractivity contribution < 1.29 is 22.6 Å². The molecule has 0 saturated carbocycles. The lowest BCUT2D eigenvalue weighted by Gasteiger charge is -2.12. The Morgan fingerprint density at radius 1 is 1.00 bits per heavy atom. The molecule has 0 saturated heterocycles. The summed E-state index contributed by atoms with van der Waals surface area (Å²) in [6, 6.07) is 12.2. The van der Waals surface area contributed by atoms with Gasteiger partial charge in [0.1, 0.15) is 12.4 Å². The van der Waals surface area contributed by atoms with Crippen LogP contribution in [0.5, 0.6) is 17.2 Å². The molecule has 2 aromatic carbocycles. The largest absolute Gasteiger partial charge is 0.493 e. The zero-order valence-corrected chi connectivity index (χ0v) is 16.3. The molecule has 0 fully saturated rings. The first-order valence-electron chi connectivity index (χ1n) is 8.32. The van der Waals surface area contributed by atoms with E-state index in [4.69, 9.17) is 14.2 Å². The number of methoxy groups -OCH3 is 2. The van der Waals surface area contributed by atoms with Crippen LogP contribution in [0.1, 0.15) is 25.3 Å². The zero-order valence-electron chi connectivity index (χ0n) is 15.5. The summed E-state index contributed by atoms with van der Waals surface area (Å²) in [6.45, 7) is 4.60. The number of nitrogens with one attached hydrogen (secondary N) is 1. The summed E-state index contributed by atoms with van der Waals surface area (Å²) in [5.41, 5.74) is 1.17. The summed E-state index contributed by atoms with van der Waals surface area (Å²) in [6.07, 6.45) is 0. The van der Waals surface area contributed by atoms with Crippen molar-refractivity contribution in [3.63, 3.8) is 0 Å². The van der Waals surface area contributed by atoms with Gasteiger partial charge in [-0.25, -0.2) is 13.1 Å². The van der Waals surface area contributed by atoms with Gasteiger partial charge in [0.2, 0.25) is 10.0 Å². The maximum Gasteiger partial charge on any atom is 0.240 e. The number of ether oxygens (including phenoxy) is 3. The molecule has 0 unspecified atom stereocenters. The Balaban J connectivity index is 1.95. The molecule has 0 radical (unpaired) electrons. The maximum atomic E-state index is 12.4. The molecular weight excluding hydrogens is 354 g/mol. The fourth-order valence-corrected chi connectivity index (χ4v) is 3.40. The molecule has 2 rings (SSSR count). The molecule has 7 heteroatoms. The summed E-state index contributed by atoms with van der Waals surface area (Å²) >= 11 is 0. The standard InChI is InChI=1S/C19H25NO5S/c1-14(2)15-6-5-7-16(12-15)25-11-10-20-26(21,22)17-8-9-18(23-3)19(13-17)24-4/h5-9,12-14,20H,10-11H2,1-4H3. The predicted molar refractivity (Wildman–Crippen MR) is 101 cm³/mol. The van der Waals surface area contributed by atoms with Crippen molar-refractivity contribution in [2.45, 2.75) is 24.7 Å². The number of sulfonamides is 1. The summed E-state index contributed by atoms with van der Waals surface area (Å²) in [7, 11) is -0.704. The highest BCUT2D eigenvalue weighted by molar-refractivity contribution is 7.89. The Bertz CT molecular complexity index is 834. The minimum atomic E-state index is -3.66. The molecule has 0 atom stereocenters. The second-order valence-corrected chi connectivity index (χ2v) is 7.76. The number of benzene rings is 2. The van der Waals surface area contributed by atoms with Crippen LogP contribution in [0.4, 0.5) is 0 Å². The first-order valence-corrected chi connectivity index (χ1v) is 9.80. The van der Waals surface area contributed by atoms with Gasteiger partial charge in [-0.1, -0.05) is 26.0 Å². The van der Waals surface area contributed by atoms with Crippen molar-refractivity contribution in [1.82, 2.24) is 4.72 Å². The molecule has 0 aromatic heterocycles. The molecule has 6 nitrogen and oxygen atoms in total. The molecule has 0 aliphatic carbocycles. The highest BCUT2D eigenvalue weighted by atomic mass is 32.2. The number of hydrogen-bond donors (Lipinski definition) is 1. The van der Waals surface area contributed by atoms with Crippen molar-refractivity contribution in [3.8, 4) is 17.2 Å². The van der Waals surface area contributed by atoms with Gasteiger partial charge in [0.25, 0.3) is 0 Å². The Morgan fingerprint density at radius 2 is 1.73 bits per heavy atom. The SMILES string of the molecule is COc1ccc(S(=O)(=O)NCCOc2cccc(C(C)C)c2)cc1OC. The lowest BCUT2D eigenvalue weighted by molar-refractivity contribution is 0.322. The van der Waals surface area contributed by atoms with E-state index in [9.17, 15) is 8.42 Å². The van der Waals surface area contributed by atoms with E-state index in [0.29, 0.717) is 17.4 Å². The lowest BCUT2D eigenvalue weighted by atomic mass is 10.0. The van der Waals surface area contributed by atoms with Crippen LogP contribution in [0.2, 0.25) is 0 Å². The predicted octanol–water partition coefficient (Wildman–Crippen LogP) is 3.18. The number of hydrogen-bond acceptors (Lipinski definition) is 5. The van der Waals surface area contributed by atoms with Gasteiger partial charge >= 0.3 is 0 Å². The van der Waals surface area contributed by atoms with Crippen LogP contribution in [0.15, 0.2) is 47.4 Å². The fraction of sp³-hybridized carbons (Fsp3) is 0.368. The quantitative estimate of drug-likeness (QED) is 0.678. The monoisotopic (exact) mass is 379 g/mol. The second-order valence-electron chi connectivity index (χ2n) is 5.99. The van der Waals surface area contributed by atoms with E-state index >= 15 is 0 Å². The maximum absolute atomic E-state index is 12.4. The van der Waals surface area contributed by atoms with Crippen LogP contribution in [0.3, 0.4) is 0 Å². The minimum Gasteiger partial charge on any atom is -0.493 e. The van der Waals surface area contributed by atoms with Crippen molar-refractivity contribution in [2.24, 2.45) is 0 Å². The van der Waals surface area contributed by atoms with Crippen LogP contribution in [-0.4, -0.2) is 35.8 Å². The van der Waals surface area contributed by atoms with Gasteiger partial charge < -0.3 is 14.2 Å². The molecule has 0 amide bonds. The molecule has 0 aliphatic heterocycles. The van der Waals surface area contributed by atoms with E-state index < -0.39 is 10.0 Å². The first kappa shape index (κ1) is 20.1. The normalized spacial score (nSPS) is 11.4. The third-order valence-electron chi connectivity index (χ3n) is 3.85. The van der Waals surface area contributed by atoms with E-state index in [1.165, 1.54) is 31.9 Å². The molecule has 0 aliphatic rings. The van der Waals surface area contributed by atoms with Gasteiger partial charge in [-0.3, -0.25) is 0 Å². The zero-order chi connectivity index (χ0) is 19.2. The van der Waals surface area contributed by atoms with Gasteiger partial charge in [-0.15, -0.1) is 0 Å². The van der Waals surface area contributed by atoms with Crippen molar-refractivity contribution >= 4 is 10.0 Å². The summed E-state index contributed by atoms with van der Waals surface area (Å²) in [5.74, 6) is 1.96. The molecule has 2 aromatic rings. The van der Waals surface area contributed by atoms with E-state index in [1.807, 2.05) is 24.3 Å². The summed E-state index contributed by atoms with van der Waals surface area (Å²) in [5, 5.41) is 0. The van der Waals surface area contributed by atoms with Crippen LogP contribution in [0, 0.1) is 0 Å². The van der Waals surface area contributed by atoms with E-state index in [-0.39, 0.29) is 18.0 Å². The molecular formula is C19H25NO5S. The first-order chi connectivity index (χ1) is 12.4. The Kier molecular flexibility index (Phi) is 6.88. The average Bonchev–Trinajstić information content (AvgIpc) is 2.64. The third kappa shape index (κ3) is 5.12. The van der Waals surface area contributed by atoms with Crippen LogP contribution < -0.4 is 18.9 Å². The third-order valence-corrected chi connectivity index (χ3v) is 5.31. The van der Waals surface area contributed by atoms with Crippen molar-refractivity contribution in [2.75, 3.05) is 27.4 Å². The van der Waals surface area contributed by atoms with Crippen LogP contribution in [0.25, 0.3) is 0 Å². The van der Waals surface area contributed by atoms with Gasteiger partial charge in [0.15, 0.2) is 11.5 Å².